The molecule has 1 unspecified atom stereocenters. The smallest absolute Gasteiger partial charge is 0.222 e. The van der Waals surface area contributed by atoms with E-state index in [1.54, 1.807) is 19.2 Å². The van der Waals surface area contributed by atoms with Crippen LogP contribution in [0.2, 0.25) is 0 Å². The fourth-order valence-electron chi connectivity index (χ4n) is 1.36. The molecule has 0 saturated heterocycles. The van der Waals surface area contributed by atoms with E-state index in [9.17, 15) is 5.11 Å². The summed E-state index contributed by atoms with van der Waals surface area (Å²) in [6.07, 6.45) is 1.56. The summed E-state index contributed by atoms with van der Waals surface area (Å²) in [5.74, 6) is 0.925. The molecule has 0 aliphatic heterocycles. The van der Waals surface area contributed by atoms with Crippen molar-refractivity contribution in [3.63, 3.8) is 0 Å². The molecule has 1 aromatic rings. The molecular weight excluding hydrogens is 196 g/mol. The highest BCUT2D eigenvalue weighted by Crippen LogP contribution is 2.33. The van der Waals surface area contributed by atoms with E-state index in [4.69, 9.17) is 15.2 Å². The number of rotatable bonds is 4. The fourth-order valence-corrected chi connectivity index (χ4v) is 1.36. The molecule has 1 heterocycles. The number of nitrogens with zero attached hydrogens (tertiary/aromatic N) is 1. The number of hydrogen-bond acceptors (Lipinski definition) is 5. The summed E-state index contributed by atoms with van der Waals surface area (Å²) in [5.41, 5.74) is 5.57. The van der Waals surface area contributed by atoms with Gasteiger partial charge < -0.3 is 20.3 Å². The van der Waals surface area contributed by atoms with Crippen LogP contribution >= 0.6 is 0 Å². The Morgan fingerprint density at radius 1 is 1.47 bits per heavy atom. The Hall–Kier alpha value is -1.33. The van der Waals surface area contributed by atoms with Crippen molar-refractivity contribution in [1.82, 2.24) is 4.98 Å². The first-order chi connectivity index (χ1) is 7.06. The zero-order valence-electron chi connectivity index (χ0n) is 9.15. The van der Waals surface area contributed by atoms with Crippen molar-refractivity contribution in [2.45, 2.75) is 12.5 Å². The molecule has 0 aliphatic rings. The molecule has 5 nitrogen and oxygen atoms in total. The van der Waals surface area contributed by atoms with Crippen LogP contribution in [0, 0.1) is 0 Å². The maximum absolute atomic E-state index is 9.22. The van der Waals surface area contributed by atoms with Gasteiger partial charge in [0.25, 0.3) is 0 Å². The molecule has 1 aromatic heterocycles. The minimum Gasteiger partial charge on any atom is -0.496 e. The van der Waals surface area contributed by atoms with Crippen LogP contribution in [0.1, 0.15) is 12.5 Å². The Morgan fingerprint density at radius 2 is 2.13 bits per heavy atom. The molecule has 15 heavy (non-hydrogen) atoms. The first kappa shape index (κ1) is 11.7. The predicted molar refractivity (Wildman–Crippen MR) is 56.0 cm³/mol. The second kappa shape index (κ2) is 4.46. The molecule has 3 N–H and O–H groups in total. The predicted octanol–water partition coefficient (Wildman–Crippen LogP) is 0.265. The summed E-state index contributed by atoms with van der Waals surface area (Å²) in [6, 6.07) is 1.68. The average molecular weight is 212 g/mol. The monoisotopic (exact) mass is 212 g/mol. The fraction of sp³-hybridized carbons (Fsp3) is 0.500. The third-order valence-electron chi connectivity index (χ3n) is 2.19. The van der Waals surface area contributed by atoms with Crippen molar-refractivity contribution < 1.29 is 14.6 Å². The number of hydrogen-bond donors (Lipinski definition) is 2. The van der Waals surface area contributed by atoms with Crippen molar-refractivity contribution in [3.05, 3.63) is 17.8 Å². The van der Waals surface area contributed by atoms with Gasteiger partial charge in [-0.2, -0.15) is 0 Å². The van der Waals surface area contributed by atoms with Crippen molar-refractivity contribution in [2.75, 3.05) is 20.8 Å². The molecule has 0 aromatic carbocycles. The SMILES string of the molecule is COc1ccnc(OC)c1C(C)(N)CO. The van der Waals surface area contributed by atoms with Crippen LogP contribution < -0.4 is 15.2 Å². The quantitative estimate of drug-likeness (QED) is 0.748. The van der Waals surface area contributed by atoms with Crippen LogP contribution in [0.25, 0.3) is 0 Å². The lowest BCUT2D eigenvalue weighted by Crippen LogP contribution is -2.37. The van der Waals surface area contributed by atoms with Gasteiger partial charge in [-0.3, -0.25) is 0 Å². The topological polar surface area (TPSA) is 77.6 Å². The van der Waals surface area contributed by atoms with E-state index in [1.807, 2.05) is 0 Å². The zero-order chi connectivity index (χ0) is 11.5. The Labute approximate surface area is 88.8 Å². The van der Waals surface area contributed by atoms with E-state index < -0.39 is 5.54 Å². The molecule has 0 bridgehead atoms. The van der Waals surface area contributed by atoms with Gasteiger partial charge in [-0.05, 0) is 13.0 Å². The number of pyridine rings is 1. The molecule has 84 valence electrons. The third-order valence-corrected chi connectivity index (χ3v) is 2.19. The highest BCUT2D eigenvalue weighted by atomic mass is 16.5. The second-order valence-electron chi connectivity index (χ2n) is 3.47. The number of methoxy groups -OCH3 is 2. The summed E-state index contributed by atoms with van der Waals surface area (Å²) in [7, 11) is 3.03. The highest BCUT2D eigenvalue weighted by molar-refractivity contribution is 5.44. The van der Waals surface area contributed by atoms with Crippen LogP contribution in [0.4, 0.5) is 0 Å². The van der Waals surface area contributed by atoms with Gasteiger partial charge in [0.05, 0.1) is 31.9 Å². The number of aromatic nitrogens is 1. The number of nitrogens with two attached hydrogens (primary N) is 1. The second-order valence-corrected chi connectivity index (χ2v) is 3.47. The largest absolute Gasteiger partial charge is 0.496 e. The molecule has 5 heteroatoms. The number of aliphatic hydroxyl groups excluding tert-OH is 1. The van der Waals surface area contributed by atoms with Crippen LogP contribution in [-0.2, 0) is 5.54 Å². The molecule has 0 spiro atoms. The van der Waals surface area contributed by atoms with Crippen LogP contribution in [-0.4, -0.2) is 30.9 Å². The Morgan fingerprint density at radius 3 is 2.60 bits per heavy atom. The number of aliphatic hydroxyl groups is 1. The van der Waals surface area contributed by atoms with Gasteiger partial charge in [0.15, 0.2) is 0 Å². The highest BCUT2D eigenvalue weighted by Gasteiger charge is 2.29. The van der Waals surface area contributed by atoms with Crippen molar-refractivity contribution in [3.8, 4) is 11.6 Å². The summed E-state index contributed by atoms with van der Waals surface area (Å²) in [4.78, 5) is 4.03. The van der Waals surface area contributed by atoms with Crippen molar-refractivity contribution in [2.24, 2.45) is 5.73 Å². The van der Waals surface area contributed by atoms with E-state index in [0.717, 1.165) is 0 Å². The van der Waals surface area contributed by atoms with E-state index in [1.165, 1.54) is 14.2 Å². The molecule has 0 fully saturated rings. The van der Waals surface area contributed by atoms with Crippen molar-refractivity contribution >= 4 is 0 Å². The standard InChI is InChI=1S/C10H16N2O3/c1-10(11,6-13)8-7(14-2)4-5-12-9(8)15-3/h4-5,13H,6,11H2,1-3H3. The Balaban J connectivity index is 3.34. The summed E-state index contributed by atoms with van der Waals surface area (Å²) in [5, 5.41) is 9.22. The lowest BCUT2D eigenvalue weighted by Gasteiger charge is -2.25. The number of ether oxygens (including phenoxy) is 2. The van der Waals surface area contributed by atoms with Gasteiger partial charge in [-0.15, -0.1) is 0 Å². The summed E-state index contributed by atoms with van der Waals surface area (Å²) in [6.45, 7) is 1.47. The van der Waals surface area contributed by atoms with E-state index in [-0.39, 0.29) is 6.61 Å². The van der Waals surface area contributed by atoms with E-state index >= 15 is 0 Å². The van der Waals surface area contributed by atoms with Gasteiger partial charge in [0.1, 0.15) is 5.75 Å². The molecule has 0 saturated carbocycles. The van der Waals surface area contributed by atoms with Gasteiger partial charge in [0, 0.05) is 6.20 Å². The Kier molecular flexibility index (Phi) is 3.49. The van der Waals surface area contributed by atoms with Gasteiger partial charge >= 0.3 is 0 Å². The first-order valence-electron chi connectivity index (χ1n) is 4.54. The van der Waals surface area contributed by atoms with Gasteiger partial charge in [-0.25, -0.2) is 4.98 Å². The van der Waals surface area contributed by atoms with Gasteiger partial charge in [-0.1, -0.05) is 0 Å². The zero-order valence-corrected chi connectivity index (χ0v) is 9.15. The van der Waals surface area contributed by atoms with Gasteiger partial charge in [0.2, 0.25) is 5.88 Å². The lowest BCUT2D eigenvalue weighted by atomic mass is 9.94. The van der Waals surface area contributed by atoms with Crippen LogP contribution in [0.5, 0.6) is 11.6 Å². The third kappa shape index (κ3) is 2.19. The Bertz CT molecular complexity index is 317. The first-order valence-corrected chi connectivity index (χ1v) is 4.54. The van der Waals surface area contributed by atoms with Crippen LogP contribution in [0.3, 0.4) is 0 Å². The average Bonchev–Trinajstić information content (AvgIpc) is 2.27. The molecule has 1 rings (SSSR count). The normalized spacial score (nSPS) is 14.5. The molecule has 0 amide bonds. The minimum absolute atomic E-state index is 0.217. The molecular formula is C10H16N2O3. The van der Waals surface area contributed by atoms with E-state index in [0.29, 0.717) is 17.2 Å². The lowest BCUT2D eigenvalue weighted by molar-refractivity contribution is 0.201. The maximum Gasteiger partial charge on any atom is 0.222 e. The van der Waals surface area contributed by atoms with Crippen LogP contribution in [0.15, 0.2) is 12.3 Å². The molecule has 0 aliphatic carbocycles. The summed E-state index contributed by atoms with van der Waals surface area (Å²) >= 11 is 0. The molecule has 0 radical (unpaired) electrons. The summed E-state index contributed by atoms with van der Waals surface area (Å²) < 4.78 is 10.3. The molecule has 1 atom stereocenters. The van der Waals surface area contributed by atoms with E-state index in [2.05, 4.69) is 4.98 Å². The van der Waals surface area contributed by atoms with Crippen molar-refractivity contribution in [1.29, 1.82) is 0 Å². The maximum atomic E-state index is 9.22. The minimum atomic E-state index is -0.940.